The molecular formula is C24H22ClN3O3. The number of hydrogen-bond acceptors (Lipinski definition) is 3. The van der Waals surface area contributed by atoms with Gasteiger partial charge in [0.1, 0.15) is 6.54 Å². The Morgan fingerprint density at radius 2 is 2.16 bits per heavy atom. The number of ether oxygens (including phenoxy) is 1. The molecule has 2 amide bonds. The molecule has 2 aromatic carbocycles. The van der Waals surface area contributed by atoms with Gasteiger partial charge in [-0.3, -0.25) is 9.59 Å². The predicted octanol–water partition coefficient (Wildman–Crippen LogP) is 4.08. The number of hydrogen-bond donors (Lipinski definition) is 2. The van der Waals surface area contributed by atoms with Crippen LogP contribution in [0.5, 0.6) is 0 Å². The Bertz CT molecular complexity index is 1210. The minimum Gasteiger partial charge on any atom is -0.376 e. The number of nitrogens with one attached hydrogen (secondary N) is 2. The molecule has 3 aromatic rings. The standard InChI is InChI=1S/C24H22ClN3O3/c25-16-7-8-19-20(24(30)27-21(19)11-16)10-15-13-28(22-6-2-1-5-18(15)22)14-23(29)26-12-17-4-3-9-31-17/h1-2,5-8,10-11,13,17H,3-4,9,12,14H2,(H,26,29)(H,27,30)/b20-10+/t17-/m0/s1. The number of nitrogens with zero attached hydrogens (tertiary/aromatic N) is 1. The maximum Gasteiger partial charge on any atom is 0.256 e. The topological polar surface area (TPSA) is 72.4 Å². The van der Waals surface area contributed by atoms with Gasteiger partial charge in [0.25, 0.3) is 5.91 Å². The average Bonchev–Trinajstić information content (AvgIpc) is 3.46. The smallest absolute Gasteiger partial charge is 0.256 e. The highest BCUT2D eigenvalue weighted by molar-refractivity contribution is 6.36. The molecule has 0 aliphatic carbocycles. The second kappa shape index (κ2) is 8.21. The van der Waals surface area contributed by atoms with E-state index >= 15 is 0 Å². The molecule has 0 spiro atoms. The van der Waals surface area contributed by atoms with E-state index in [2.05, 4.69) is 10.6 Å². The molecular weight excluding hydrogens is 414 g/mol. The van der Waals surface area contributed by atoms with Crippen molar-refractivity contribution >= 4 is 51.7 Å². The second-order valence-corrected chi connectivity index (χ2v) is 8.31. The molecule has 7 heteroatoms. The van der Waals surface area contributed by atoms with Gasteiger partial charge in [-0.1, -0.05) is 35.9 Å². The fourth-order valence-electron chi connectivity index (χ4n) is 4.23. The molecule has 158 valence electrons. The summed E-state index contributed by atoms with van der Waals surface area (Å²) < 4.78 is 7.49. The summed E-state index contributed by atoms with van der Waals surface area (Å²) in [7, 11) is 0. The Kier molecular flexibility index (Phi) is 5.26. The van der Waals surface area contributed by atoms with Gasteiger partial charge in [-0.05, 0) is 37.1 Å². The molecule has 1 aromatic heterocycles. The number of halogens is 1. The van der Waals surface area contributed by atoms with Crippen LogP contribution < -0.4 is 10.6 Å². The van der Waals surface area contributed by atoms with Crippen LogP contribution in [0.2, 0.25) is 5.02 Å². The van der Waals surface area contributed by atoms with Crippen molar-refractivity contribution in [2.24, 2.45) is 0 Å². The van der Waals surface area contributed by atoms with E-state index in [0.29, 0.717) is 22.8 Å². The molecule has 0 saturated carbocycles. The highest BCUT2D eigenvalue weighted by Gasteiger charge is 2.25. The van der Waals surface area contributed by atoms with Gasteiger partial charge >= 0.3 is 0 Å². The normalized spacial score (nSPS) is 19.1. The van der Waals surface area contributed by atoms with Gasteiger partial charge in [-0.25, -0.2) is 0 Å². The summed E-state index contributed by atoms with van der Waals surface area (Å²) in [5.41, 5.74) is 3.94. The lowest BCUT2D eigenvalue weighted by Crippen LogP contribution is -2.34. The zero-order chi connectivity index (χ0) is 21.4. The molecule has 0 radical (unpaired) electrons. The van der Waals surface area contributed by atoms with Crippen LogP contribution in [-0.2, 0) is 20.9 Å². The molecule has 1 atom stereocenters. The van der Waals surface area contributed by atoms with Gasteiger partial charge in [-0.2, -0.15) is 0 Å². The van der Waals surface area contributed by atoms with Crippen LogP contribution in [0, 0.1) is 0 Å². The van der Waals surface area contributed by atoms with Crippen molar-refractivity contribution in [2.45, 2.75) is 25.5 Å². The number of amides is 2. The van der Waals surface area contributed by atoms with Crippen LogP contribution in [0.25, 0.3) is 22.6 Å². The van der Waals surface area contributed by atoms with Crippen molar-refractivity contribution in [3.63, 3.8) is 0 Å². The Balaban J connectivity index is 1.44. The average molecular weight is 436 g/mol. The summed E-state index contributed by atoms with van der Waals surface area (Å²) in [6.07, 6.45) is 5.94. The largest absolute Gasteiger partial charge is 0.376 e. The third-order valence-corrected chi connectivity index (χ3v) is 5.98. The number of fused-ring (bicyclic) bond motifs is 2. The van der Waals surface area contributed by atoms with Crippen molar-refractivity contribution in [1.29, 1.82) is 0 Å². The predicted molar refractivity (Wildman–Crippen MR) is 122 cm³/mol. The zero-order valence-electron chi connectivity index (χ0n) is 16.9. The van der Waals surface area contributed by atoms with Crippen molar-refractivity contribution in [2.75, 3.05) is 18.5 Å². The Morgan fingerprint density at radius 1 is 1.29 bits per heavy atom. The summed E-state index contributed by atoms with van der Waals surface area (Å²) in [5.74, 6) is -0.225. The van der Waals surface area contributed by atoms with Gasteiger partial charge in [0, 0.05) is 52.0 Å². The van der Waals surface area contributed by atoms with Crippen LogP contribution in [0.3, 0.4) is 0 Å². The van der Waals surface area contributed by atoms with Crippen LogP contribution in [-0.4, -0.2) is 35.6 Å². The molecule has 2 aliphatic rings. The molecule has 2 aliphatic heterocycles. The Labute approximate surface area is 184 Å². The van der Waals surface area contributed by atoms with Crippen LogP contribution in [0.1, 0.15) is 24.0 Å². The van der Waals surface area contributed by atoms with Crippen molar-refractivity contribution in [3.8, 4) is 0 Å². The monoisotopic (exact) mass is 435 g/mol. The zero-order valence-corrected chi connectivity index (χ0v) is 17.6. The third-order valence-electron chi connectivity index (χ3n) is 5.75. The van der Waals surface area contributed by atoms with Crippen molar-refractivity contribution in [3.05, 3.63) is 64.8 Å². The van der Waals surface area contributed by atoms with Crippen LogP contribution >= 0.6 is 11.6 Å². The van der Waals surface area contributed by atoms with E-state index in [9.17, 15) is 9.59 Å². The number of para-hydroxylation sites is 1. The van der Waals surface area contributed by atoms with Gasteiger partial charge in [-0.15, -0.1) is 0 Å². The molecule has 31 heavy (non-hydrogen) atoms. The molecule has 5 rings (SSSR count). The number of rotatable bonds is 5. The molecule has 1 fully saturated rings. The molecule has 0 unspecified atom stereocenters. The summed E-state index contributed by atoms with van der Waals surface area (Å²) in [6.45, 7) is 1.51. The maximum absolute atomic E-state index is 12.6. The number of carbonyl (C=O) groups is 2. The lowest BCUT2D eigenvalue weighted by atomic mass is 10.0. The molecule has 0 bridgehead atoms. The molecule has 3 heterocycles. The minimum absolute atomic E-state index is 0.0611. The number of benzene rings is 2. The second-order valence-electron chi connectivity index (χ2n) is 7.87. The Hall–Kier alpha value is -3.09. The van der Waals surface area contributed by atoms with E-state index in [-0.39, 0.29) is 24.5 Å². The van der Waals surface area contributed by atoms with Gasteiger partial charge < -0.3 is 19.9 Å². The van der Waals surface area contributed by atoms with E-state index in [1.165, 1.54) is 0 Å². The lowest BCUT2D eigenvalue weighted by Gasteiger charge is -2.11. The first-order valence-corrected chi connectivity index (χ1v) is 10.8. The highest BCUT2D eigenvalue weighted by atomic mass is 35.5. The van der Waals surface area contributed by atoms with Gasteiger partial charge in [0.05, 0.1) is 11.8 Å². The van der Waals surface area contributed by atoms with Crippen molar-refractivity contribution in [1.82, 2.24) is 9.88 Å². The summed E-state index contributed by atoms with van der Waals surface area (Å²) in [4.78, 5) is 25.1. The van der Waals surface area contributed by atoms with E-state index in [1.807, 2.05) is 47.2 Å². The van der Waals surface area contributed by atoms with E-state index < -0.39 is 0 Å². The molecule has 1 saturated heterocycles. The van der Waals surface area contributed by atoms with Gasteiger partial charge in [0.2, 0.25) is 5.91 Å². The third kappa shape index (κ3) is 3.96. The number of carbonyl (C=O) groups excluding carboxylic acids is 2. The SMILES string of the molecule is O=C(Cn1cc(/C=C2/C(=O)Nc3cc(Cl)ccc32)c2ccccc21)NC[C@@H]1CCCO1. The summed E-state index contributed by atoms with van der Waals surface area (Å²) >= 11 is 6.06. The minimum atomic E-state index is -0.164. The molecule has 2 N–H and O–H groups in total. The first-order chi connectivity index (χ1) is 15.1. The van der Waals surface area contributed by atoms with Crippen LogP contribution in [0.15, 0.2) is 48.7 Å². The summed E-state index contributed by atoms with van der Waals surface area (Å²) in [5, 5.41) is 7.39. The quantitative estimate of drug-likeness (QED) is 0.593. The fourth-order valence-corrected chi connectivity index (χ4v) is 4.40. The van der Waals surface area contributed by atoms with E-state index in [1.54, 1.807) is 12.1 Å². The number of aromatic nitrogens is 1. The highest BCUT2D eigenvalue weighted by Crippen LogP contribution is 2.36. The van der Waals surface area contributed by atoms with Gasteiger partial charge in [0.15, 0.2) is 0 Å². The molecule has 6 nitrogen and oxygen atoms in total. The van der Waals surface area contributed by atoms with Crippen molar-refractivity contribution < 1.29 is 14.3 Å². The van der Waals surface area contributed by atoms with E-state index in [4.69, 9.17) is 16.3 Å². The lowest BCUT2D eigenvalue weighted by molar-refractivity contribution is -0.122. The first-order valence-electron chi connectivity index (χ1n) is 10.4. The fraction of sp³-hybridized carbons (Fsp3) is 0.250. The van der Waals surface area contributed by atoms with E-state index in [0.717, 1.165) is 41.5 Å². The summed E-state index contributed by atoms with van der Waals surface area (Å²) in [6, 6.07) is 13.2. The Morgan fingerprint density at radius 3 is 3.00 bits per heavy atom. The maximum atomic E-state index is 12.6. The number of anilines is 1. The first kappa shape index (κ1) is 19.8. The van der Waals surface area contributed by atoms with Crippen LogP contribution in [0.4, 0.5) is 5.69 Å².